The lowest BCUT2D eigenvalue weighted by Gasteiger charge is -2.36. The maximum absolute atomic E-state index is 6.34. The number of nitrogens with zero attached hydrogens (tertiary/aromatic N) is 2. The molecule has 6 heteroatoms. The van der Waals surface area contributed by atoms with E-state index in [1.807, 2.05) is 42.5 Å². The summed E-state index contributed by atoms with van der Waals surface area (Å²) in [7, 11) is 0. The van der Waals surface area contributed by atoms with Gasteiger partial charge in [-0.1, -0.05) is 35.3 Å². The highest BCUT2D eigenvalue weighted by atomic mass is 35.5. The third-order valence-electron chi connectivity index (χ3n) is 5.42. The van der Waals surface area contributed by atoms with E-state index in [9.17, 15) is 0 Å². The Kier molecular flexibility index (Phi) is 4.35. The van der Waals surface area contributed by atoms with Crippen LogP contribution in [0.15, 0.2) is 42.5 Å². The molecule has 2 aromatic carbocycles. The minimum absolute atomic E-state index is 0.344. The molecule has 3 heterocycles. The lowest BCUT2D eigenvalue weighted by atomic mass is 9.99. The number of aromatic nitrogens is 2. The smallest absolute Gasteiger partial charge is 0.139 e. The molecular formula is C21H19Cl2N3O. The summed E-state index contributed by atoms with van der Waals surface area (Å²) in [6.07, 6.45) is 1.88. The van der Waals surface area contributed by atoms with Gasteiger partial charge in [-0.3, -0.25) is 4.90 Å². The lowest BCUT2D eigenvalue weighted by molar-refractivity contribution is 0.106. The van der Waals surface area contributed by atoms with E-state index in [2.05, 4.69) is 9.88 Å². The van der Waals surface area contributed by atoms with Gasteiger partial charge < -0.3 is 9.72 Å². The molecule has 0 amide bonds. The minimum atomic E-state index is 0.344. The number of halogens is 2. The van der Waals surface area contributed by atoms with Gasteiger partial charge in [0, 0.05) is 36.1 Å². The molecule has 27 heavy (non-hydrogen) atoms. The molecule has 0 fully saturated rings. The number of H-pyrrole nitrogens is 1. The zero-order chi connectivity index (χ0) is 18.4. The predicted molar refractivity (Wildman–Crippen MR) is 108 cm³/mol. The maximum Gasteiger partial charge on any atom is 0.139 e. The molecule has 5 rings (SSSR count). The van der Waals surface area contributed by atoms with Crippen molar-refractivity contribution in [2.24, 2.45) is 0 Å². The van der Waals surface area contributed by atoms with Crippen LogP contribution in [-0.4, -0.2) is 34.1 Å². The van der Waals surface area contributed by atoms with E-state index in [4.69, 9.17) is 32.9 Å². The van der Waals surface area contributed by atoms with Crippen molar-refractivity contribution >= 4 is 23.2 Å². The van der Waals surface area contributed by atoms with E-state index in [1.54, 1.807) is 0 Å². The highest BCUT2D eigenvalue weighted by molar-refractivity contribution is 6.33. The summed E-state index contributed by atoms with van der Waals surface area (Å²) >= 11 is 12.5. The van der Waals surface area contributed by atoms with Crippen LogP contribution >= 0.6 is 23.2 Å². The van der Waals surface area contributed by atoms with Gasteiger partial charge in [-0.05, 0) is 42.3 Å². The largest absolute Gasteiger partial charge is 0.492 e. The molecule has 1 N–H and O–H groups in total. The van der Waals surface area contributed by atoms with Crippen LogP contribution in [0.25, 0.3) is 11.4 Å². The molecule has 0 saturated heterocycles. The fraction of sp³-hybridized carbons (Fsp3) is 0.286. The second-order valence-corrected chi connectivity index (χ2v) is 7.98. The molecule has 138 valence electrons. The first-order valence-electron chi connectivity index (χ1n) is 9.15. The molecular weight excluding hydrogens is 381 g/mol. The summed E-state index contributed by atoms with van der Waals surface area (Å²) in [5, 5.41) is 1.48. The highest BCUT2D eigenvalue weighted by Gasteiger charge is 2.30. The van der Waals surface area contributed by atoms with Crippen LogP contribution in [0.2, 0.25) is 10.0 Å². The topological polar surface area (TPSA) is 41.2 Å². The van der Waals surface area contributed by atoms with E-state index in [0.717, 1.165) is 58.8 Å². The molecule has 0 aliphatic carbocycles. The molecule has 1 atom stereocenters. The molecule has 3 aromatic rings. The summed E-state index contributed by atoms with van der Waals surface area (Å²) in [6, 6.07) is 14.0. The number of ether oxygens (including phenoxy) is 1. The van der Waals surface area contributed by atoms with Crippen molar-refractivity contribution < 1.29 is 4.74 Å². The quantitative estimate of drug-likeness (QED) is 0.675. The average molecular weight is 400 g/mol. The van der Waals surface area contributed by atoms with Crippen molar-refractivity contribution in [1.29, 1.82) is 0 Å². The standard InChI is InChI=1S/C21H19Cl2N3O/c22-14-5-6-20-13(9-14)10-15(12-27-20)26-8-7-18-19(11-26)25-21(24-18)16-3-1-2-4-17(16)23/h1-6,9,15H,7-8,10-12H2,(H,24,25). The van der Waals surface area contributed by atoms with Crippen LogP contribution in [0, 0.1) is 0 Å². The van der Waals surface area contributed by atoms with Gasteiger partial charge in [0.2, 0.25) is 0 Å². The second kappa shape index (κ2) is 6.86. The highest BCUT2D eigenvalue weighted by Crippen LogP contribution is 2.32. The third kappa shape index (κ3) is 3.22. The molecule has 1 unspecified atom stereocenters. The number of imidazole rings is 1. The number of benzene rings is 2. The summed E-state index contributed by atoms with van der Waals surface area (Å²) in [4.78, 5) is 10.8. The van der Waals surface area contributed by atoms with Gasteiger partial charge in [0.1, 0.15) is 18.2 Å². The third-order valence-corrected chi connectivity index (χ3v) is 5.98. The summed E-state index contributed by atoms with van der Waals surface area (Å²) in [5.74, 6) is 1.81. The van der Waals surface area contributed by atoms with Crippen LogP contribution in [-0.2, 0) is 19.4 Å². The summed E-state index contributed by atoms with van der Waals surface area (Å²) < 4.78 is 5.98. The number of rotatable bonds is 2. The Morgan fingerprint density at radius 2 is 2.04 bits per heavy atom. The van der Waals surface area contributed by atoms with Crippen molar-refractivity contribution in [3.8, 4) is 17.1 Å². The van der Waals surface area contributed by atoms with E-state index < -0.39 is 0 Å². The van der Waals surface area contributed by atoms with Gasteiger partial charge in [0.15, 0.2) is 0 Å². The minimum Gasteiger partial charge on any atom is -0.492 e. The Morgan fingerprint density at radius 1 is 1.15 bits per heavy atom. The molecule has 0 saturated carbocycles. The summed E-state index contributed by atoms with van der Waals surface area (Å²) in [5.41, 5.74) is 4.45. The Morgan fingerprint density at radius 3 is 2.93 bits per heavy atom. The molecule has 4 nitrogen and oxygen atoms in total. The molecule has 0 radical (unpaired) electrons. The fourth-order valence-electron chi connectivity index (χ4n) is 3.99. The van der Waals surface area contributed by atoms with Gasteiger partial charge in [0.25, 0.3) is 0 Å². The Hall–Kier alpha value is -2.01. The molecule has 2 aliphatic rings. The van der Waals surface area contributed by atoms with Gasteiger partial charge >= 0.3 is 0 Å². The maximum atomic E-state index is 6.34. The van der Waals surface area contributed by atoms with E-state index >= 15 is 0 Å². The van der Waals surface area contributed by atoms with E-state index in [1.165, 1.54) is 11.3 Å². The number of aromatic amines is 1. The second-order valence-electron chi connectivity index (χ2n) is 7.13. The molecule has 1 aromatic heterocycles. The van der Waals surface area contributed by atoms with Crippen LogP contribution in [0.4, 0.5) is 0 Å². The first kappa shape index (κ1) is 17.1. The molecule has 0 bridgehead atoms. The molecule has 0 spiro atoms. The average Bonchev–Trinajstić information content (AvgIpc) is 3.10. The number of hydrogen-bond donors (Lipinski definition) is 1. The zero-order valence-electron chi connectivity index (χ0n) is 14.7. The molecule has 2 aliphatic heterocycles. The van der Waals surface area contributed by atoms with Crippen LogP contribution in [0.5, 0.6) is 5.75 Å². The van der Waals surface area contributed by atoms with Crippen molar-refractivity contribution in [3.05, 3.63) is 69.5 Å². The van der Waals surface area contributed by atoms with Crippen LogP contribution in [0.3, 0.4) is 0 Å². The lowest BCUT2D eigenvalue weighted by Crippen LogP contribution is -2.45. The SMILES string of the molecule is Clc1ccc2c(c1)CC(N1CCc3nc(-c4ccccc4Cl)[nH]c3C1)CO2. The van der Waals surface area contributed by atoms with Crippen LogP contribution in [0.1, 0.15) is 17.0 Å². The predicted octanol–water partition coefficient (Wildman–Crippen LogP) is 4.75. The van der Waals surface area contributed by atoms with E-state index in [0.29, 0.717) is 12.6 Å². The Bertz CT molecular complexity index is 1000. The Balaban J connectivity index is 1.37. The van der Waals surface area contributed by atoms with Gasteiger partial charge in [0.05, 0.1) is 16.4 Å². The van der Waals surface area contributed by atoms with Crippen molar-refractivity contribution in [3.63, 3.8) is 0 Å². The summed E-state index contributed by atoms with van der Waals surface area (Å²) in [6.45, 7) is 2.52. The van der Waals surface area contributed by atoms with E-state index in [-0.39, 0.29) is 0 Å². The van der Waals surface area contributed by atoms with Crippen molar-refractivity contribution in [1.82, 2.24) is 14.9 Å². The first-order valence-corrected chi connectivity index (χ1v) is 9.91. The monoisotopic (exact) mass is 399 g/mol. The number of nitrogens with one attached hydrogen (secondary N) is 1. The van der Waals surface area contributed by atoms with Crippen molar-refractivity contribution in [2.45, 2.75) is 25.4 Å². The van der Waals surface area contributed by atoms with Crippen LogP contribution < -0.4 is 4.74 Å². The first-order chi connectivity index (χ1) is 13.2. The van der Waals surface area contributed by atoms with Gasteiger partial charge in [-0.2, -0.15) is 0 Å². The number of fused-ring (bicyclic) bond motifs is 2. The van der Waals surface area contributed by atoms with Gasteiger partial charge in [-0.25, -0.2) is 4.98 Å². The zero-order valence-corrected chi connectivity index (χ0v) is 16.2. The van der Waals surface area contributed by atoms with Crippen molar-refractivity contribution in [2.75, 3.05) is 13.2 Å². The normalized spacial score (nSPS) is 19.3. The fourth-order valence-corrected chi connectivity index (χ4v) is 4.41. The van der Waals surface area contributed by atoms with Gasteiger partial charge in [-0.15, -0.1) is 0 Å². The Labute approximate surface area is 168 Å². The number of hydrogen-bond acceptors (Lipinski definition) is 3.